The van der Waals surface area contributed by atoms with Crippen molar-refractivity contribution in [3.05, 3.63) is 47.3 Å². The van der Waals surface area contributed by atoms with Crippen LogP contribution in [-0.4, -0.2) is 27.3 Å². The molecule has 1 aliphatic rings. The summed E-state index contributed by atoms with van der Waals surface area (Å²) in [7, 11) is 0. The van der Waals surface area contributed by atoms with Crippen molar-refractivity contribution in [3.8, 4) is 5.69 Å². The van der Waals surface area contributed by atoms with Crippen molar-refractivity contribution in [2.75, 3.05) is 11.5 Å². The number of para-hydroxylation sites is 1. The van der Waals surface area contributed by atoms with Gasteiger partial charge in [0.05, 0.1) is 11.4 Å². The van der Waals surface area contributed by atoms with Gasteiger partial charge in [-0.15, -0.1) is 0 Å². The van der Waals surface area contributed by atoms with E-state index in [1.165, 1.54) is 35.6 Å². The zero-order valence-corrected chi connectivity index (χ0v) is 13.6. The standard InChI is InChI=1S/C17H23N3S/c1-13-17(12-18-15-8-10-21-11-9-15)14(2)20(19-13)16-6-4-3-5-7-16/h3-7,15,18H,8-12H2,1-2H3. The normalized spacial score (nSPS) is 16.3. The maximum absolute atomic E-state index is 4.72. The average molecular weight is 301 g/mol. The summed E-state index contributed by atoms with van der Waals surface area (Å²) >= 11 is 2.07. The van der Waals surface area contributed by atoms with Gasteiger partial charge >= 0.3 is 0 Å². The summed E-state index contributed by atoms with van der Waals surface area (Å²) < 4.78 is 2.06. The minimum Gasteiger partial charge on any atom is -0.310 e. The Morgan fingerprint density at radius 1 is 1.19 bits per heavy atom. The molecule has 1 N–H and O–H groups in total. The van der Waals surface area contributed by atoms with E-state index < -0.39 is 0 Å². The lowest BCUT2D eigenvalue weighted by Crippen LogP contribution is -2.32. The van der Waals surface area contributed by atoms with Crippen LogP contribution in [0.5, 0.6) is 0 Å². The van der Waals surface area contributed by atoms with Gasteiger partial charge in [-0.1, -0.05) is 18.2 Å². The molecule has 0 atom stereocenters. The predicted molar refractivity (Wildman–Crippen MR) is 90.2 cm³/mol. The first-order valence-electron chi connectivity index (χ1n) is 7.67. The fourth-order valence-electron chi connectivity index (χ4n) is 2.90. The molecule has 0 unspecified atom stereocenters. The summed E-state index contributed by atoms with van der Waals surface area (Å²) in [5, 5.41) is 8.43. The van der Waals surface area contributed by atoms with Crippen LogP contribution in [0.25, 0.3) is 5.69 Å². The number of aryl methyl sites for hydroxylation is 1. The summed E-state index contributed by atoms with van der Waals surface area (Å²) in [5.41, 5.74) is 4.86. The second-order valence-electron chi connectivity index (χ2n) is 5.66. The highest BCUT2D eigenvalue weighted by Crippen LogP contribution is 2.20. The van der Waals surface area contributed by atoms with Gasteiger partial charge < -0.3 is 5.32 Å². The molecule has 0 bridgehead atoms. The molecular weight excluding hydrogens is 278 g/mol. The number of aromatic nitrogens is 2. The van der Waals surface area contributed by atoms with Crippen molar-refractivity contribution in [1.82, 2.24) is 15.1 Å². The molecular formula is C17H23N3S. The van der Waals surface area contributed by atoms with Gasteiger partial charge in [-0.3, -0.25) is 0 Å². The number of thioether (sulfide) groups is 1. The van der Waals surface area contributed by atoms with Crippen LogP contribution in [0.1, 0.15) is 29.8 Å². The molecule has 0 aliphatic carbocycles. The Labute approximate surface area is 131 Å². The second-order valence-corrected chi connectivity index (χ2v) is 6.89. The Bertz CT molecular complexity index is 586. The lowest BCUT2D eigenvalue weighted by molar-refractivity contribution is 0.481. The van der Waals surface area contributed by atoms with Gasteiger partial charge in [0.2, 0.25) is 0 Å². The minimum absolute atomic E-state index is 0.671. The molecule has 1 fully saturated rings. The SMILES string of the molecule is Cc1nn(-c2ccccc2)c(C)c1CNC1CCSCC1. The largest absolute Gasteiger partial charge is 0.310 e. The highest BCUT2D eigenvalue weighted by atomic mass is 32.2. The van der Waals surface area contributed by atoms with Crippen LogP contribution in [0.2, 0.25) is 0 Å². The predicted octanol–water partition coefficient (Wildman–Crippen LogP) is 3.47. The number of nitrogens with one attached hydrogen (secondary N) is 1. The third-order valence-corrected chi connectivity index (χ3v) is 5.28. The van der Waals surface area contributed by atoms with Crippen molar-refractivity contribution >= 4 is 11.8 Å². The number of rotatable bonds is 4. The molecule has 0 amide bonds. The molecule has 0 spiro atoms. The highest BCUT2D eigenvalue weighted by Gasteiger charge is 2.16. The van der Waals surface area contributed by atoms with Gasteiger partial charge in [0.1, 0.15) is 0 Å². The number of benzene rings is 1. The molecule has 2 aromatic rings. The summed E-state index contributed by atoms with van der Waals surface area (Å²) in [6.07, 6.45) is 2.57. The fourth-order valence-corrected chi connectivity index (χ4v) is 4.01. The number of nitrogens with zero attached hydrogens (tertiary/aromatic N) is 2. The van der Waals surface area contributed by atoms with Crippen LogP contribution in [0.4, 0.5) is 0 Å². The first-order valence-corrected chi connectivity index (χ1v) is 8.83. The van der Waals surface area contributed by atoms with Crippen LogP contribution in [0, 0.1) is 13.8 Å². The van der Waals surface area contributed by atoms with Crippen LogP contribution < -0.4 is 5.32 Å². The monoisotopic (exact) mass is 301 g/mol. The first-order chi connectivity index (χ1) is 10.3. The van der Waals surface area contributed by atoms with Gasteiger partial charge in [0, 0.05) is 23.8 Å². The van der Waals surface area contributed by atoms with E-state index in [0.717, 1.165) is 17.9 Å². The van der Waals surface area contributed by atoms with E-state index in [-0.39, 0.29) is 0 Å². The highest BCUT2D eigenvalue weighted by molar-refractivity contribution is 7.99. The van der Waals surface area contributed by atoms with Crippen molar-refractivity contribution in [2.24, 2.45) is 0 Å². The van der Waals surface area contributed by atoms with Crippen molar-refractivity contribution < 1.29 is 0 Å². The quantitative estimate of drug-likeness (QED) is 0.938. The summed E-state index contributed by atoms with van der Waals surface area (Å²) in [5.74, 6) is 2.58. The van der Waals surface area contributed by atoms with E-state index in [1.807, 2.05) is 6.07 Å². The molecule has 1 aromatic heterocycles. The number of hydrogen-bond donors (Lipinski definition) is 1. The van der Waals surface area contributed by atoms with E-state index in [2.05, 4.69) is 59.9 Å². The topological polar surface area (TPSA) is 29.9 Å². The van der Waals surface area contributed by atoms with Crippen LogP contribution in [-0.2, 0) is 6.54 Å². The first kappa shape index (κ1) is 14.7. The average Bonchev–Trinajstić information content (AvgIpc) is 2.82. The van der Waals surface area contributed by atoms with Gasteiger partial charge in [-0.25, -0.2) is 4.68 Å². The lowest BCUT2D eigenvalue weighted by Gasteiger charge is -2.22. The van der Waals surface area contributed by atoms with Gasteiger partial charge in [-0.05, 0) is 50.3 Å². The van der Waals surface area contributed by atoms with E-state index in [9.17, 15) is 0 Å². The third kappa shape index (κ3) is 3.33. The Morgan fingerprint density at radius 3 is 2.62 bits per heavy atom. The molecule has 0 radical (unpaired) electrons. The molecule has 0 saturated carbocycles. The summed E-state index contributed by atoms with van der Waals surface area (Å²) in [6.45, 7) is 5.21. The molecule has 3 rings (SSSR count). The molecule has 1 saturated heterocycles. The molecule has 4 heteroatoms. The summed E-state index contributed by atoms with van der Waals surface area (Å²) in [4.78, 5) is 0. The molecule has 21 heavy (non-hydrogen) atoms. The van der Waals surface area contributed by atoms with Gasteiger partial charge in [0.15, 0.2) is 0 Å². The van der Waals surface area contributed by atoms with Crippen LogP contribution in [0.15, 0.2) is 30.3 Å². The zero-order chi connectivity index (χ0) is 14.7. The van der Waals surface area contributed by atoms with Crippen molar-refractivity contribution in [3.63, 3.8) is 0 Å². The zero-order valence-electron chi connectivity index (χ0n) is 12.8. The van der Waals surface area contributed by atoms with E-state index in [1.54, 1.807) is 0 Å². The fraction of sp³-hybridized carbons (Fsp3) is 0.471. The summed E-state index contributed by atoms with van der Waals surface area (Å²) in [6, 6.07) is 11.0. The Hall–Kier alpha value is -1.26. The van der Waals surface area contributed by atoms with Gasteiger partial charge in [-0.2, -0.15) is 16.9 Å². The minimum atomic E-state index is 0.671. The molecule has 1 aromatic carbocycles. The Morgan fingerprint density at radius 2 is 1.90 bits per heavy atom. The number of hydrogen-bond acceptors (Lipinski definition) is 3. The smallest absolute Gasteiger partial charge is 0.0648 e. The maximum Gasteiger partial charge on any atom is 0.0648 e. The maximum atomic E-state index is 4.72. The Balaban J connectivity index is 1.75. The lowest BCUT2D eigenvalue weighted by atomic mass is 10.1. The van der Waals surface area contributed by atoms with Crippen LogP contribution >= 0.6 is 11.8 Å². The van der Waals surface area contributed by atoms with E-state index in [0.29, 0.717) is 6.04 Å². The molecule has 3 nitrogen and oxygen atoms in total. The molecule has 2 heterocycles. The van der Waals surface area contributed by atoms with E-state index >= 15 is 0 Å². The molecule has 112 valence electrons. The van der Waals surface area contributed by atoms with E-state index in [4.69, 9.17) is 5.10 Å². The second kappa shape index (κ2) is 6.67. The van der Waals surface area contributed by atoms with Crippen molar-refractivity contribution in [1.29, 1.82) is 0 Å². The van der Waals surface area contributed by atoms with Gasteiger partial charge in [0.25, 0.3) is 0 Å². The van der Waals surface area contributed by atoms with Crippen molar-refractivity contribution in [2.45, 2.75) is 39.3 Å². The Kier molecular flexibility index (Phi) is 4.66. The molecule has 1 aliphatic heterocycles. The van der Waals surface area contributed by atoms with Crippen LogP contribution in [0.3, 0.4) is 0 Å². The third-order valence-electron chi connectivity index (χ3n) is 4.23.